The molecule has 1 aromatic carbocycles. The Morgan fingerprint density at radius 1 is 1.21 bits per heavy atom. The van der Waals surface area contributed by atoms with Gasteiger partial charge in [-0.3, -0.25) is 0 Å². The first-order chi connectivity index (χ1) is 15.5. The van der Waals surface area contributed by atoms with Gasteiger partial charge in [-0.15, -0.1) is 0 Å². The highest BCUT2D eigenvalue weighted by atomic mass is 28.3. The number of carbonyl (C=O) groups is 1. The normalized spacial score (nSPS) is 12.5. The Morgan fingerprint density at radius 3 is 2.52 bits per heavy atom. The molecule has 0 aliphatic heterocycles. The van der Waals surface area contributed by atoms with Gasteiger partial charge in [0.25, 0.3) is 0 Å². The summed E-state index contributed by atoms with van der Waals surface area (Å²) in [5, 5.41) is 2.52. The molecule has 0 atom stereocenters. The summed E-state index contributed by atoms with van der Waals surface area (Å²) in [4.78, 5) is 16.0. The Bertz CT molecular complexity index is 915. The maximum atomic E-state index is 13.2. The molecule has 1 heterocycles. The number of rotatable bonds is 11. The second-order valence-corrected chi connectivity index (χ2v) is 15.7. The number of ether oxygens (including phenoxy) is 3. The van der Waals surface area contributed by atoms with Crippen molar-refractivity contribution in [2.24, 2.45) is 0 Å². The van der Waals surface area contributed by atoms with Crippen molar-refractivity contribution in [3.8, 4) is 17.0 Å². The summed E-state index contributed by atoms with van der Waals surface area (Å²) < 4.78 is 31.8. The number of carbonyl (C=O) groups excluding carboxylic acids is 1. The molecule has 2 rings (SSSR count). The fourth-order valence-electron chi connectivity index (χ4n) is 2.72. The summed E-state index contributed by atoms with van der Waals surface area (Å²) in [7, 11) is -1.12. The maximum absolute atomic E-state index is 13.2. The largest absolute Gasteiger partial charge is 0.489 e. The van der Waals surface area contributed by atoms with Gasteiger partial charge in [-0.05, 0) is 51.1 Å². The lowest BCUT2D eigenvalue weighted by Crippen LogP contribution is -2.34. The van der Waals surface area contributed by atoms with Gasteiger partial charge in [0, 0.05) is 32.4 Å². The fourth-order valence-corrected chi connectivity index (χ4v) is 3.48. The molecule has 0 saturated heterocycles. The number of benzene rings is 1. The second kappa shape index (κ2) is 12.0. The summed E-state index contributed by atoms with van der Waals surface area (Å²) in [6, 6.07) is 8.59. The minimum absolute atomic E-state index is 0.000381. The van der Waals surface area contributed by atoms with Gasteiger partial charge < -0.3 is 24.1 Å². The minimum Gasteiger partial charge on any atom is -0.489 e. The van der Waals surface area contributed by atoms with Crippen LogP contribution in [0.3, 0.4) is 0 Å². The van der Waals surface area contributed by atoms with Crippen LogP contribution in [0.4, 0.5) is 9.18 Å². The van der Waals surface area contributed by atoms with Crippen LogP contribution in [0.5, 0.6) is 5.75 Å². The van der Waals surface area contributed by atoms with E-state index in [-0.39, 0.29) is 13.2 Å². The van der Waals surface area contributed by atoms with Crippen LogP contribution in [-0.2, 0) is 16.2 Å². The van der Waals surface area contributed by atoms with Crippen LogP contribution in [0, 0.1) is 0 Å². The molecule has 1 N–H and O–H groups in total. The van der Waals surface area contributed by atoms with E-state index in [4.69, 9.17) is 14.2 Å². The zero-order valence-corrected chi connectivity index (χ0v) is 21.5. The van der Waals surface area contributed by atoms with Crippen molar-refractivity contribution in [3.05, 3.63) is 48.7 Å². The molecule has 0 bridgehead atoms. The van der Waals surface area contributed by atoms with E-state index in [1.165, 1.54) is 0 Å². The van der Waals surface area contributed by atoms with Crippen LogP contribution >= 0.6 is 0 Å². The van der Waals surface area contributed by atoms with Crippen molar-refractivity contribution < 1.29 is 23.4 Å². The molecule has 0 saturated carbocycles. The summed E-state index contributed by atoms with van der Waals surface area (Å²) in [6.07, 6.45) is 3.38. The van der Waals surface area contributed by atoms with Crippen molar-refractivity contribution in [3.63, 3.8) is 0 Å². The third-order valence-corrected chi connectivity index (χ3v) is 6.23. The van der Waals surface area contributed by atoms with Gasteiger partial charge in [0.1, 0.15) is 24.7 Å². The number of hydrogen-bond acceptors (Lipinski definition) is 5. The molecular weight excluding hydrogens is 441 g/mol. The Balaban J connectivity index is 1.85. The summed E-state index contributed by atoms with van der Waals surface area (Å²) >= 11 is 0. The van der Waals surface area contributed by atoms with Crippen LogP contribution in [0.15, 0.2) is 48.7 Å². The minimum atomic E-state index is -1.12. The van der Waals surface area contributed by atoms with Crippen molar-refractivity contribution in [2.45, 2.75) is 58.8 Å². The Morgan fingerprint density at radius 2 is 1.91 bits per heavy atom. The molecule has 9 heteroatoms. The van der Waals surface area contributed by atoms with E-state index in [1.807, 2.05) is 28.8 Å². The molecular formula is C24H36FN3O4Si. The lowest BCUT2D eigenvalue weighted by atomic mass is 10.1. The van der Waals surface area contributed by atoms with Gasteiger partial charge in [-0.1, -0.05) is 19.6 Å². The zero-order chi connectivity index (χ0) is 24.5. The molecule has 0 spiro atoms. The molecule has 1 aromatic heterocycles. The van der Waals surface area contributed by atoms with Crippen molar-refractivity contribution in [1.82, 2.24) is 14.9 Å². The average Bonchev–Trinajstić information content (AvgIpc) is 3.18. The molecule has 7 nitrogen and oxygen atoms in total. The number of aromatic nitrogens is 2. The Hall–Kier alpha value is -2.65. The summed E-state index contributed by atoms with van der Waals surface area (Å²) in [6.45, 7) is 13.5. The molecule has 2 aromatic rings. The molecule has 0 aliphatic carbocycles. The fraction of sp³-hybridized carbons (Fsp3) is 0.500. The lowest BCUT2D eigenvalue weighted by molar-refractivity contribution is 0.0531. The topological polar surface area (TPSA) is 74.6 Å². The van der Waals surface area contributed by atoms with Crippen molar-refractivity contribution in [1.29, 1.82) is 0 Å². The standard InChI is InChI=1S/C24H36FN3O4Si/c1-24(2,3)32-23(29)27-14-19(13-25)16-31-21-9-7-20(8-10-21)22-15-26-17-28(22)18-30-11-12-33(4,5)6/h7-10,13,15,17H,11-12,14,16,18H2,1-6H3,(H,27,29)/b19-13+. The van der Waals surface area contributed by atoms with Crippen LogP contribution < -0.4 is 10.1 Å². The van der Waals surface area contributed by atoms with Crippen LogP contribution in [-0.4, -0.2) is 49.1 Å². The first-order valence-electron chi connectivity index (χ1n) is 11.0. The highest BCUT2D eigenvalue weighted by Crippen LogP contribution is 2.23. The number of halogens is 1. The van der Waals surface area contributed by atoms with Crippen molar-refractivity contribution in [2.75, 3.05) is 19.8 Å². The van der Waals surface area contributed by atoms with Crippen LogP contribution in [0.25, 0.3) is 11.3 Å². The molecule has 0 unspecified atom stereocenters. The number of alkyl carbamates (subject to hydrolysis) is 1. The molecule has 1 amide bonds. The predicted molar refractivity (Wildman–Crippen MR) is 131 cm³/mol. The number of hydrogen-bond donors (Lipinski definition) is 1. The average molecular weight is 478 g/mol. The smallest absolute Gasteiger partial charge is 0.407 e. The highest BCUT2D eigenvalue weighted by Gasteiger charge is 2.16. The van der Waals surface area contributed by atoms with Gasteiger partial charge in [-0.25, -0.2) is 14.2 Å². The first-order valence-corrected chi connectivity index (χ1v) is 14.7. The molecule has 0 radical (unpaired) electrons. The summed E-state index contributed by atoms with van der Waals surface area (Å²) in [5.74, 6) is 0.591. The Kier molecular flexibility index (Phi) is 9.66. The number of nitrogens with zero attached hydrogens (tertiary/aromatic N) is 2. The first kappa shape index (κ1) is 26.6. The van der Waals surface area contributed by atoms with Gasteiger partial charge in [-0.2, -0.15) is 0 Å². The SMILES string of the molecule is CC(C)(C)OC(=O)NC/C(=C\F)COc1ccc(-c2cncn2COCC[Si](C)(C)C)cc1. The van der Waals surface area contributed by atoms with E-state index >= 15 is 0 Å². The maximum Gasteiger partial charge on any atom is 0.407 e. The van der Waals surface area contributed by atoms with E-state index in [2.05, 4.69) is 29.9 Å². The van der Waals surface area contributed by atoms with Crippen molar-refractivity contribution >= 4 is 14.2 Å². The molecule has 0 fully saturated rings. The van der Waals surface area contributed by atoms with E-state index < -0.39 is 19.8 Å². The van der Waals surface area contributed by atoms with Gasteiger partial charge >= 0.3 is 6.09 Å². The van der Waals surface area contributed by atoms with E-state index in [9.17, 15) is 9.18 Å². The van der Waals surface area contributed by atoms with Gasteiger partial charge in [0.15, 0.2) is 0 Å². The lowest BCUT2D eigenvalue weighted by Gasteiger charge is -2.20. The van der Waals surface area contributed by atoms with Crippen LogP contribution in [0.1, 0.15) is 20.8 Å². The molecule has 182 valence electrons. The monoisotopic (exact) mass is 477 g/mol. The van der Waals surface area contributed by atoms with Gasteiger partial charge in [0.2, 0.25) is 0 Å². The molecule has 33 heavy (non-hydrogen) atoms. The molecule has 0 aliphatic rings. The quantitative estimate of drug-likeness (QED) is 0.336. The number of amides is 1. The number of nitrogens with one attached hydrogen (secondary N) is 1. The van der Waals surface area contributed by atoms with E-state index in [0.717, 1.165) is 23.9 Å². The van der Waals surface area contributed by atoms with E-state index in [0.29, 0.717) is 24.4 Å². The van der Waals surface area contributed by atoms with Crippen LogP contribution in [0.2, 0.25) is 25.7 Å². The predicted octanol–water partition coefficient (Wildman–Crippen LogP) is 5.62. The Labute approximate surface area is 197 Å². The third kappa shape index (κ3) is 10.2. The highest BCUT2D eigenvalue weighted by molar-refractivity contribution is 6.76. The zero-order valence-electron chi connectivity index (χ0n) is 20.5. The third-order valence-electron chi connectivity index (χ3n) is 4.53. The summed E-state index contributed by atoms with van der Waals surface area (Å²) in [5.41, 5.74) is 1.60. The second-order valence-electron chi connectivity index (χ2n) is 10.0. The number of imidazole rings is 1. The van der Waals surface area contributed by atoms with Gasteiger partial charge in [0.05, 0.1) is 24.5 Å². The van der Waals surface area contributed by atoms with E-state index in [1.54, 1.807) is 33.3 Å².